The number of aromatic amines is 1. The van der Waals surface area contributed by atoms with Gasteiger partial charge in [-0.3, -0.25) is 4.79 Å². The van der Waals surface area contributed by atoms with Crippen LogP contribution in [0.15, 0.2) is 54.6 Å². The van der Waals surface area contributed by atoms with Gasteiger partial charge in [0, 0.05) is 22.5 Å². The number of aliphatic hydroxyl groups excluding tert-OH is 1. The number of aryl methyl sites for hydroxylation is 1. The van der Waals surface area contributed by atoms with Crippen LogP contribution in [0.5, 0.6) is 0 Å². The molecule has 3 rings (SSSR count). The number of esters is 1. The summed E-state index contributed by atoms with van der Waals surface area (Å²) in [4.78, 5) is 28.7. The fourth-order valence-corrected chi connectivity index (χ4v) is 3.40. The molecule has 7 heteroatoms. The van der Waals surface area contributed by atoms with Crippen LogP contribution in [0.4, 0.5) is 10.1 Å². The number of aliphatic hydroxyl groups is 1. The van der Waals surface area contributed by atoms with Crippen LogP contribution in [0.2, 0.25) is 0 Å². The molecule has 1 aromatic heterocycles. The topological polar surface area (TPSA) is 91.4 Å². The Balaban J connectivity index is 1.88. The number of carbonyl (C=O) groups is 2. The molecule has 156 valence electrons. The molecule has 0 bridgehead atoms. The van der Waals surface area contributed by atoms with Crippen LogP contribution in [0.3, 0.4) is 0 Å². The maximum absolute atomic E-state index is 13.1. The van der Waals surface area contributed by atoms with Crippen LogP contribution < -0.4 is 5.32 Å². The smallest absolute Gasteiger partial charge is 0.356 e. The number of hydrogen-bond donors (Lipinski definition) is 3. The fourth-order valence-electron chi connectivity index (χ4n) is 3.40. The molecule has 3 aromatic rings. The Morgan fingerprint density at radius 2 is 1.70 bits per heavy atom. The molecular weight excluding hydrogens is 387 g/mol. The van der Waals surface area contributed by atoms with E-state index in [4.69, 9.17) is 4.74 Å². The minimum atomic E-state index is -1.22. The van der Waals surface area contributed by atoms with Gasteiger partial charge >= 0.3 is 5.97 Å². The molecule has 30 heavy (non-hydrogen) atoms. The van der Waals surface area contributed by atoms with Gasteiger partial charge in [-0.2, -0.15) is 0 Å². The molecule has 0 saturated carbocycles. The minimum absolute atomic E-state index is 0.180. The lowest BCUT2D eigenvalue weighted by atomic mass is 10.1. The average molecular weight is 410 g/mol. The van der Waals surface area contributed by atoms with Gasteiger partial charge in [0.05, 0.1) is 6.10 Å². The van der Waals surface area contributed by atoms with Crippen LogP contribution in [0, 0.1) is 19.7 Å². The summed E-state index contributed by atoms with van der Waals surface area (Å²) in [5.74, 6) is -1.71. The van der Waals surface area contributed by atoms with Crippen molar-refractivity contribution in [1.82, 2.24) is 4.98 Å². The Hall–Kier alpha value is -3.45. The van der Waals surface area contributed by atoms with Gasteiger partial charge in [0.25, 0.3) is 5.91 Å². The Bertz CT molecular complexity index is 1040. The molecule has 0 aliphatic heterocycles. The van der Waals surface area contributed by atoms with Gasteiger partial charge in [0.15, 0.2) is 0 Å². The molecular formula is C23H23FN2O4. The number of ether oxygens (including phenoxy) is 1. The third kappa shape index (κ3) is 4.58. The monoisotopic (exact) mass is 410 g/mol. The van der Waals surface area contributed by atoms with E-state index < -0.39 is 29.9 Å². The highest BCUT2D eigenvalue weighted by Crippen LogP contribution is 2.27. The lowest BCUT2D eigenvalue weighted by Gasteiger charge is -2.18. The van der Waals surface area contributed by atoms with Crippen molar-refractivity contribution in [2.24, 2.45) is 0 Å². The van der Waals surface area contributed by atoms with Gasteiger partial charge in [0.2, 0.25) is 6.10 Å². The molecule has 0 radical (unpaired) electrons. The van der Waals surface area contributed by atoms with Crippen molar-refractivity contribution in [3.05, 3.63) is 88.5 Å². The summed E-state index contributed by atoms with van der Waals surface area (Å²) >= 11 is 0. The van der Waals surface area contributed by atoms with Crippen LogP contribution in [-0.4, -0.2) is 22.0 Å². The normalized spacial score (nSPS) is 12.8. The quantitative estimate of drug-likeness (QED) is 0.527. The zero-order chi connectivity index (χ0) is 21.8. The largest absolute Gasteiger partial charge is 0.443 e. The Labute approximate surface area is 173 Å². The second kappa shape index (κ2) is 8.92. The van der Waals surface area contributed by atoms with Gasteiger partial charge in [-0.15, -0.1) is 0 Å². The fraction of sp³-hybridized carbons (Fsp3) is 0.217. The van der Waals surface area contributed by atoms with Gasteiger partial charge in [-0.05, 0) is 50.6 Å². The maximum atomic E-state index is 13.1. The van der Waals surface area contributed by atoms with Crippen molar-refractivity contribution in [3.63, 3.8) is 0 Å². The van der Waals surface area contributed by atoms with E-state index in [-0.39, 0.29) is 5.69 Å². The summed E-state index contributed by atoms with van der Waals surface area (Å²) in [6.07, 6.45) is -1.98. The number of anilines is 1. The van der Waals surface area contributed by atoms with Crippen molar-refractivity contribution in [2.75, 3.05) is 5.32 Å². The Morgan fingerprint density at radius 3 is 2.27 bits per heavy atom. The predicted octanol–water partition coefficient (Wildman–Crippen LogP) is 4.36. The number of H-pyrrole nitrogens is 1. The number of benzene rings is 2. The maximum Gasteiger partial charge on any atom is 0.356 e. The standard InChI is InChI=1S/C23H23FN2O4/c1-13-19(15(3)27)14(2)25-20(13)23(29)30-21(16-7-5-4-6-8-16)22(28)26-18-11-9-17(24)10-12-18/h4-12,15,21,25,27H,1-3H3,(H,26,28)/t15-,21-/m0/s1. The molecule has 0 fully saturated rings. The number of carbonyl (C=O) groups excluding carboxylic acids is 2. The van der Waals surface area contributed by atoms with Crippen molar-refractivity contribution >= 4 is 17.6 Å². The number of halogens is 1. The van der Waals surface area contributed by atoms with Crippen molar-refractivity contribution in [1.29, 1.82) is 0 Å². The zero-order valence-corrected chi connectivity index (χ0v) is 16.9. The van der Waals surface area contributed by atoms with Crippen LogP contribution in [0.25, 0.3) is 0 Å². The third-order valence-corrected chi connectivity index (χ3v) is 4.79. The average Bonchev–Trinajstić information content (AvgIpc) is 3.02. The second-order valence-corrected chi connectivity index (χ2v) is 7.03. The number of amides is 1. The zero-order valence-electron chi connectivity index (χ0n) is 16.9. The van der Waals surface area contributed by atoms with E-state index in [1.807, 2.05) is 0 Å². The molecule has 3 N–H and O–H groups in total. The molecule has 0 unspecified atom stereocenters. The van der Waals surface area contributed by atoms with Crippen molar-refractivity contribution in [2.45, 2.75) is 33.0 Å². The van der Waals surface area contributed by atoms with Crippen LogP contribution in [0.1, 0.15) is 52.0 Å². The molecule has 6 nitrogen and oxygen atoms in total. The van der Waals surface area contributed by atoms with E-state index in [0.717, 1.165) is 0 Å². The van der Waals surface area contributed by atoms with Crippen molar-refractivity contribution in [3.8, 4) is 0 Å². The highest BCUT2D eigenvalue weighted by Gasteiger charge is 2.28. The molecule has 0 saturated heterocycles. The Kier molecular flexibility index (Phi) is 6.32. The molecule has 2 aromatic carbocycles. The van der Waals surface area contributed by atoms with Gasteiger partial charge in [0.1, 0.15) is 11.5 Å². The first-order chi connectivity index (χ1) is 14.3. The van der Waals surface area contributed by atoms with E-state index in [0.29, 0.717) is 28.1 Å². The third-order valence-electron chi connectivity index (χ3n) is 4.79. The van der Waals surface area contributed by atoms with E-state index in [9.17, 15) is 19.1 Å². The van der Waals surface area contributed by atoms with E-state index in [1.54, 1.807) is 51.1 Å². The number of rotatable bonds is 6. The van der Waals surface area contributed by atoms with Gasteiger partial charge in [-0.25, -0.2) is 9.18 Å². The van der Waals surface area contributed by atoms with Crippen LogP contribution >= 0.6 is 0 Å². The lowest BCUT2D eigenvalue weighted by molar-refractivity contribution is -0.125. The summed E-state index contributed by atoms with van der Waals surface area (Å²) in [5.41, 5.74) is 2.89. The first-order valence-corrected chi connectivity index (χ1v) is 9.47. The molecule has 2 atom stereocenters. The summed E-state index contributed by atoms with van der Waals surface area (Å²) < 4.78 is 18.7. The number of nitrogens with one attached hydrogen (secondary N) is 2. The highest BCUT2D eigenvalue weighted by molar-refractivity contribution is 5.98. The molecule has 1 amide bonds. The summed E-state index contributed by atoms with van der Waals surface area (Å²) in [5, 5.41) is 12.6. The predicted molar refractivity (Wildman–Crippen MR) is 111 cm³/mol. The Morgan fingerprint density at radius 1 is 1.07 bits per heavy atom. The summed E-state index contributed by atoms with van der Waals surface area (Å²) in [6.45, 7) is 5.07. The lowest BCUT2D eigenvalue weighted by Crippen LogP contribution is -2.26. The van der Waals surface area contributed by atoms with E-state index in [2.05, 4.69) is 10.3 Å². The minimum Gasteiger partial charge on any atom is -0.443 e. The van der Waals surface area contributed by atoms with Crippen molar-refractivity contribution < 1.29 is 23.8 Å². The molecule has 1 heterocycles. The highest BCUT2D eigenvalue weighted by atomic mass is 19.1. The number of aromatic nitrogens is 1. The first kappa shape index (κ1) is 21.3. The molecule has 0 spiro atoms. The van der Waals surface area contributed by atoms with E-state index in [1.165, 1.54) is 24.3 Å². The molecule has 0 aliphatic carbocycles. The SMILES string of the molecule is Cc1[nH]c(C(=O)O[C@H](C(=O)Nc2ccc(F)cc2)c2ccccc2)c(C)c1[C@H](C)O. The van der Waals surface area contributed by atoms with E-state index >= 15 is 0 Å². The number of hydrogen-bond acceptors (Lipinski definition) is 4. The molecule has 0 aliphatic rings. The summed E-state index contributed by atoms with van der Waals surface area (Å²) in [7, 11) is 0. The summed E-state index contributed by atoms with van der Waals surface area (Å²) in [6, 6.07) is 13.9. The second-order valence-electron chi connectivity index (χ2n) is 7.03. The van der Waals surface area contributed by atoms with Crippen LogP contribution in [-0.2, 0) is 9.53 Å². The first-order valence-electron chi connectivity index (χ1n) is 9.47. The van der Waals surface area contributed by atoms with Gasteiger partial charge in [-0.1, -0.05) is 30.3 Å². The van der Waals surface area contributed by atoms with Gasteiger partial charge < -0.3 is 20.1 Å².